The molecule has 0 unspecified atom stereocenters. The Kier molecular flexibility index (Phi) is 4.20. The van der Waals surface area contributed by atoms with E-state index in [1.54, 1.807) is 0 Å². The van der Waals surface area contributed by atoms with E-state index in [1.165, 1.54) is 35.1 Å². The number of hydrogen-bond donors (Lipinski definition) is 1. The molecular formula is C26H27N3O2. The standard InChI is InChI=1S/C26H27N3O2/c1-16-8-7-11-18(14-16)28-25(30)22-15-20-19-12-5-6-13-21(19)27-23(20)24(29(22)26(28)31)17-9-3-2-4-10-17/h5-8,11-14,17,22,24,27H,2-4,9-10,15H2,1H3/t22-,24+/m0/s1. The molecule has 2 aromatic carbocycles. The number of para-hydroxylation sites is 1. The van der Waals surface area contributed by atoms with E-state index >= 15 is 0 Å². The molecule has 0 radical (unpaired) electrons. The third-order valence-electron chi connectivity index (χ3n) is 7.45. The van der Waals surface area contributed by atoms with Crippen LogP contribution in [0.2, 0.25) is 0 Å². The van der Waals surface area contributed by atoms with Gasteiger partial charge in [0.05, 0.1) is 11.7 Å². The summed E-state index contributed by atoms with van der Waals surface area (Å²) in [4.78, 5) is 34.4. The molecule has 158 valence electrons. The molecule has 1 N–H and O–H groups in total. The van der Waals surface area contributed by atoms with Gasteiger partial charge < -0.3 is 9.88 Å². The molecule has 31 heavy (non-hydrogen) atoms. The summed E-state index contributed by atoms with van der Waals surface area (Å²) in [5.41, 5.74) is 5.20. The number of aryl methyl sites for hydroxylation is 1. The number of rotatable bonds is 2. The molecule has 3 aromatic rings. The molecule has 6 rings (SSSR count). The highest BCUT2D eigenvalue weighted by Gasteiger charge is 2.54. The number of benzene rings is 2. The van der Waals surface area contributed by atoms with Crippen molar-refractivity contribution in [2.45, 2.75) is 57.5 Å². The maximum Gasteiger partial charge on any atom is 0.332 e. The molecule has 2 atom stereocenters. The first-order valence-electron chi connectivity index (χ1n) is 11.5. The van der Waals surface area contributed by atoms with E-state index in [-0.39, 0.29) is 18.0 Å². The van der Waals surface area contributed by atoms with Gasteiger partial charge in [0.1, 0.15) is 6.04 Å². The van der Waals surface area contributed by atoms with Gasteiger partial charge in [0.25, 0.3) is 5.91 Å². The van der Waals surface area contributed by atoms with E-state index in [0.717, 1.165) is 29.6 Å². The number of aromatic amines is 1. The fourth-order valence-corrected chi connectivity index (χ4v) is 6.05. The van der Waals surface area contributed by atoms with Crippen molar-refractivity contribution in [2.24, 2.45) is 5.92 Å². The normalized spacial score (nSPS) is 24.0. The minimum atomic E-state index is -0.424. The lowest BCUT2D eigenvalue weighted by molar-refractivity contribution is -0.120. The third-order valence-corrected chi connectivity index (χ3v) is 7.45. The van der Waals surface area contributed by atoms with Gasteiger partial charge in [-0.05, 0) is 55.0 Å². The summed E-state index contributed by atoms with van der Waals surface area (Å²) >= 11 is 0. The largest absolute Gasteiger partial charge is 0.356 e. The Morgan fingerprint density at radius 1 is 0.968 bits per heavy atom. The van der Waals surface area contributed by atoms with Gasteiger partial charge in [0, 0.05) is 23.0 Å². The molecule has 1 saturated carbocycles. The zero-order chi connectivity index (χ0) is 21.1. The molecule has 2 fully saturated rings. The van der Waals surface area contributed by atoms with Crippen LogP contribution in [0.15, 0.2) is 48.5 Å². The fraction of sp³-hybridized carbons (Fsp3) is 0.385. The predicted molar refractivity (Wildman–Crippen MR) is 121 cm³/mol. The van der Waals surface area contributed by atoms with E-state index in [1.807, 2.05) is 42.2 Å². The quantitative estimate of drug-likeness (QED) is 0.565. The number of aromatic nitrogens is 1. The number of hydrogen-bond acceptors (Lipinski definition) is 2. The number of imide groups is 1. The lowest BCUT2D eigenvalue weighted by Gasteiger charge is -2.41. The molecule has 5 nitrogen and oxygen atoms in total. The number of urea groups is 1. The van der Waals surface area contributed by atoms with Crippen LogP contribution in [0.4, 0.5) is 10.5 Å². The van der Waals surface area contributed by atoms with Crippen molar-refractivity contribution >= 4 is 28.5 Å². The number of H-pyrrole nitrogens is 1. The molecule has 1 aliphatic carbocycles. The van der Waals surface area contributed by atoms with Crippen LogP contribution >= 0.6 is 0 Å². The number of anilines is 1. The second-order valence-corrected chi connectivity index (χ2v) is 9.33. The zero-order valence-electron chi connectivity index (χ0n) is 17.8. The van der Waals surface area contributed by atoms with Crippen LogP contribution in [0.5, 0.6) is 0 Å². The van der Waals surface area contributed by atoms with E-state index in [4.69, 9.17) is 0 Å². The van der Waals surface area contributed by atoms with Crippen molar-refractivity contribution in [3.63, 3.8) is 0 Å². The van der Waals surface area contributed by atoms with Crippen LogP contribution in [0.25, 0.3) is 10.9 Å². The van der Waals surface area contributed by atoms with E-state index in [9.17, 15) is 9.59 Å². The van der Waals surface area contributed by atoms with Crippen molar-refractivity contribution in [1.82, 2.24) is 9.88 Å². The monoisotopic (exact) mass is 413 g/mol. The summed E-state index contributed by atoms with van der Waals surface area (Å²) in [6.07, 6.45) is 6.44. The fourth-order valence-electron chi connectivity index (χ4n) is 6.05. The summed E-state index contributed by atoms with van der Waals surface area (Å²) in [7, 11) is 0. The first-order chi connectivity index (χ1) is 15.1. The summed E-state index contributed by atoms with van der Waals surface area (Å²) in [6, 6.07) is 15.4. The number of carbonyl (C=O) groups is 2. The van der Waals surface area contributed by atoms with Crippen molar-refractivity contribution in [2.75, 3.05) is 4.90 Å². The molecule has 3 heterocycles. The van der Waals surface area contributed by atoms with Crippen LogP contribution in [0.3, 0.4) is 0 Å². The Labute approximate surface area is 182 Å². The highest BCUT2D eigenvalue weighted by atomic mass is 16.2. The average Bonchev–Trinajstić information content (AvgIpc) is 3.28. The number of nitrogens with zero attached hydrogens (tertiary/aromatic N) is 2. The first-order valence-corrected chi connectivity index (χ1v) is 11.5. The lowest BCUT2D eigenvalue weighted by atomic mass is 9.78. The highest BCUT2D eigenvalue weighted by molar-refractivity contribution is 6.22. The molecule has 1 saturated heterocycles. The Morgan fingerprint density at radius 2 is 1.77 bits per heavy atom. The van der Waals surface area contributed by atoms with Gasteiger partial charge in [-0.25, -0.2) is 9.69 Å². The SMILES string of the molecule is Cc1cccc(N2C(=O)[C@@H]3Cc4c([nH]c5ccccc45)[C@@H](C4CCCCC4)N3C2=O)c1. The molecule has 3 amide bonds. The molecule has 0 bridgehead atoms. The smallest absolute Gasteiger partial charge is 0.332 e. The highest BCUT2D eigenvalue weighted by Crippen LogP contribution is 2.48. The molecule has 0 spiro atoms. The Bertz CT molecular complexity index is 1190. The Balaban J connectivity index is 1.50. The second-order valence-electron chi connectivity index (χ2n) is 9.33. The van der Waals surface area contributed by atoms with Crippen LogP contribution < -0.4 is 4.90 Å². The van der Waals surface area contributed by atoms with Crippen molar-refractivity contribution in [1.29, 1.82) is 0 Å². The Hall–Kier alpha value is -3.08. The van der Waals surface area contributed by atoms with Crippen molar-refractivity contribution in [3.05, 3.63) is 65.4 Å². The van der Waals surface area contributed by atoms with Crippen LogP contribution in [-0.2, 0) is 11.2 Å². The lowest BCUT2D eigenvalue weighted by Crippen LogP contribution is -2.46. The minimum Gasteiger partial charge on any atom is -0.356 e. The maximum absolute atomic E-state index is 13.8. The summed E-state index contributed by atoms with van der Waals surface area (Å²) in [6.45, 7) is 1.99. The topological polar surface area (TPSA) is 56.4 Å². The Morgan fingerprint density at radius 3 is 2.58 bits per heavy atom. The van der Waals surface area contributed by atoms with Crippen LogP contribution in [0, 0.1) is 12.8 Å². The van der Waals surface area contributed by atoms with E-state index in [0.29, 0.717) is 18.0 Å². The van der Waals surface area contributed by atoms with Gasteiger partial charge >= 0.3 is 6.03 Å². The molecule has 5 heteroatoms. The predicted octanol–water partition coefficient (Wildman–Crippen LogP) is 5.49. The van der Waals surface area contributed by atoms with Gasteiger partial charge in [-0.1, -0.05) is 49.6 Å². The van der Waals surface area contributed by atoms with Crippen LogP contribution in [0.1, 0.15) is 55.0 Å². The number of nitrogens with one attached hydrogen (secondary N) is 1. The van der Waals surface area contributed by atoms with Crippen molar-refractivity contribution < 1.29 is 9.59 Å². The summed E-state index contributed by atoms with van der Waals surface area (Å²) < 4.78 is 0. The van der Waals surface area contributed by atoms with Gasteiger partial charge in [-0.3, -0.25) is 4.79 Å². The summed E-state index contributed by atoms with van der Waals surface area (Å²) in [5, 5.41) is 1.19. The zero-order valence-corrected chi connectivity index (χ0v) is 17.8. The molecule has 1 aromatic heterocycles. The van der Waals surface area contributed by atoms with Gasteiger partial charge in [-0.2, -0.15) is 0 Å². The molecule has 2 aliphatic heterocycles. The average molecular weight is 414 g/mol. The first kappa shape index (κ1) is 18.7. The maximum atomic E-state index is 13.8. The summed E-state index contributed by atoms with van der Waals surface area (Å²) in [5.74, 6) is 0.296. The number of fused-ring (bicyclic) bond motifs is 4. The van der Waals surface area contributed by atoms with Crippen LogP contribution in [-0.4, -0.2) is 27.9 Å². The molecular weight excluding hydrogens is 386 g/mol. The van der Waals surface area contributed by atoms with E-state index < -0.39 is 6.04 Å². The number of amides is 3. The minimum absolute atomic E-state index is 0.0623. The number of carbonyl (C=O) groups excluding carboxylic acids is 2. The third kappa shape index (κ3) is 2.75. The van der Waals surface area contributed by atoms with Gasteiger partial charge in [0.2, 0.25) is 0 Å². The van der Waals surface area contributed by atoms with E-state index in [2.05, 4.69) is 23.2 Å². The van der Waals surface area contributed by atoms with Gasteiger partial charge in [-0.15, -0.1) is 0 Å². The van der Waals surface area contributed by atoms with Crippen molar-refractivity contribution in [3.8, 4) is 0 Å². The van der Waals surface area contributed by atoms with Gasteiger partial charge in [0.15, 0.2) is 0 Å². The molecule has 3 aliphatic rings. The second kappa shape index (κ2) is 6.98.